The lowest BCUT2D eigenvalue weighted by Gasteiger charge is -2.08. The maximum atomic E-state index is 9.53. The molecular weight excluding hydrogens is 252 g/mol. The normalized spacial score (nSPS) is 9.83. The Hall–Kier alpha value is -2.25. The van der Waals surface area contributed by atoms with E-state index in [-0.39, 0.29) is 10.9 Å². The van der Waals surface area contributed by atoms with E-state index in [0.717, 1.165) is 5.56 Å². The molecule has 2 rings (SSSR count). The summed E-state index contributed by atoms with van der Waals surface area (Å²) in [6, 6.07) is 8.54. The highest BCUT2D eigenvalue weighted by atomic mass is 35.5. The summed E-state index contributed by atoms with van der Waals surface area (Å²) >= 11 is 5.87. The van der Waals surface area contributed by atoms with Crippen molar-refractivity contribution >= 4 is 11.6 Å². The van der Waals surface area contributed by atoms with Gasteiger partial charge in [-0.25, -0.2) is 4.98 Å². The number of pyridine rings is 1. The highest BCUT2D eigenvalue weighted by Crippen LogP contribution is 2.33. The first-order valence-corrected chi connectivity index (χ1v) is 5.47. The van der Waals surface area contributed by atoms with E-state index in [1.807, 2.05) is 6.07 Å². The number of ether oxygens (including phenoxy) is 1. The molecule has 0 spiro atoms. The first kappa shape index (κ1) is 12.2. The summed E-state index contributed by atoms with van der Waals surface area (Å²) in [6.45, 7) is 0. The van der Waals surface area contributed by atoms with Crippen LogP contribution in [0.15, 0.2) is 30.5 Å². The van der Waals surface area contributed by atoms with Crippen LogP contribution >= 0.6 is 11.6 Å². The zero-order valence-corrected chi connectivity index (χ0v) is 10.3. The SMILES string of the molecule is COc1cc(-c2ccnc(Cl)c2C#N)ccc1O. The van der Waals surface area contributed by atoms with Crippen molar-refractivity contribution in [1.82, 2.24) is 4.98 Å². The van der Waals surface area contributed by atoms with Gasteiger partial charge >= 0.3 is 0 Å². The van der Waals surface area contributed by atoms with Crippen molar-refractivity contribution in [3.63, 3.8) is 0 Å². The lowest BCUT2D eigenvalue weighted by atomic mass is 10.0. The van der Waals surface area contributed by atoms with Crippen molar-refractivity contribution in [2.24, 2.45) is 0 Å². The Morgan fingerprint density at radius 2 is 2.17 bits per heavy atom. The number of aromatic nitrogens is 1. The molecule has 0 saturated carbocycles. The highest BCUT2D eigenvalue weighted by molar-refractivity contribution is 6.31. The molecule has 0 unspecified atom stereocenters. The molecule has 0 fully saturated rings. The number of hydrogen-bond donors (Lipinski definition) is 1. The molecule has 1 N–H and O–H groups in total. The zero-order chi connectivity index (χ0) is 13.1. The van der Waals surface area contributed by atoms with Crippen LogP contribution in [0.3, 0.4) is 0 Å². The van der Waals surface area contributed by atoms with E-state index in [1.54, 1.807) is 18.2 Å². The monoisotopic (exact) mass is 260 g/mol. The molecule has 0 aliphatic rings. The van der Waals surface area contributed by atoms with Gasteiger partial charge in [0.05, 0.1) is 12.7 Å². The van der Waals surface area contributed by atoms with Crippen LogP contribution in [0.1, 0.15) is 5.56 Å². The molecule has 0 atom stereocenters. The number of phenols is 1. The quantitative estimate of drug-likeness (QED) is 0.843. The van der Waals surface area contributed by atoms with Gasteiger partial charge in [0.1, 0.15) is 11.2 Å². The van der Waals surface area contributed by atoms with Gasteiger partial charge in [0.2, 0.25) is 0 Å². The van der Waals surface area contributed by atoms with E-state index >= 15 is 0 Å². The summed E-state index contributed by atoms with van der Waals surface area (Å²) in [5.74, 6) is 0.379. The summed E-state index contributed by atoms with van der Waals surface area (Å²) in [7, 11) is 1.46. The van der Waals surface area contributed by atoms with Gasteiger partial charge in [0.15, 0.2) is 11.5 Å². The topological polar surface area (TPSA) is 66.1 Å². The van der Waals surface area contributed by atoms with E-state index < -0.39 is 0 Å². The van der Waals surface area contributed by atoms with Gasteiger partial charge in [-0.2, -0.15) is 5.26 Å². The van der Waals surface area contributed by atoms with Gasteiger partial charge in [-0.05, 0) is 23.8 Å². The maximum absolute atomic E-state index is 9.53. The van der Waals surface area contributed by atoms with Crippen molar-refractivity contribution < 1.29 is 9.84 Å². The molecule has 4 nitrogen and oxygen atoms in total. The predicted molar refractivity (Wildman–Crippen MR) is 67.6 cm³/mol. The Labute approximate surface area is 109 Å². The Morgan fingerprint density at radius 1 is 1.39 bits per heavy atom. The van der Waals surface area contributed by atoms with E-state index in [1.165, 1.54) is 19.4 Å². The molecule has 0 amide bonds. The smallest absolute Gasteiger partial charge is 0.161 e. The maximum Gasteiger partial charge on any atom is 0.161 e. The Kier molecular flexibility index (Phi) is 3.35. The molecule has 18 heavy (non-hydrogen) atoms. The molecule has 5 heteroatoms. The number of methoxy groups -OCH3 is 1. The van der Waals surface area contributed by atoms with Crippen LogP contribution < -0.4 is 4.74 Å². The van der Waals surface area contributed by atoms with E-state index in [9.17, 15) is 5.11 Å². The number of phenolic OH excluding ortho intramolecular Hbond substituents is 1. The fraction of sp³-hybridized carbons (Fsp3) is 0.0769. The van der Waals surface area contributed by atoms with Crippen LogP contribution in [-0.2, 0) is 0 Å². The van der Waals surface area contributed by atoms with Crippen LogP contribution in [-0.4, -0.2) is 17.2 Å². The van der Waals surface area contributed by atoms with Crippen molar-refractivity contribution in [2.45, 2.75) is 0 Å². The largest absolute Gasteiger partial charge is 0.504 e. The summed E-state index contributed by atoms with van der Waals surface area (Å²) in [6.07, 6.45) is 1.53. The minimum atomic E-state index is 0.0416. The fourth-order valence-corrected chi connectivity index (χ4v) is 1.83. The molecule has 0 aliphatic heterocycles. The molecule has 1 aromatic heterocycles. The second kappa shape index (κ2) is 4.94. The summed E-state index contributed by atoms with van der Waals surface area (Å²) in [5, 5.41) is 18.8. The third-order valence-electron chi connectivity index (χ3n) is 2.51. The number of rotatable bonds is 2. The standard InChI is InChI=1S/C13H9ClN2O2/c1-18-12-6-8(2-3-11(12)17)9-4-5-16-13(14)10(9)7-15/h2-6,17H,1H3. The van der Waals surface area contributed by atoms with Gasteiger partial charge in [-0.1, -0.05) is 17.7 Å². The highest BCUT2D eigenvalue weighted by Gasteiger charge is 2.11. The summed E-state index contributed by atoms with van der Waals surface area (Å²) in [4.78, 5) is 3.86. The second-order valence-corrected chi connectivity index (χ2v) is 3.88. The first-order chi connectivity index (χ1) is 8.67. The number of nitriles is 1. The van der Waals surface area contributed by atoms with Crippen molar-refractivity contribution in [3.05, 3.63) is 41.2 Å². The summed E-state index contributed by atoms with van der Waals surface area (Å²) in [5.41, 5.74) is 1.67. The van der Waals surface area contributed by atoms with Crippen LogP contribution in [0.2, 0.25) is 5.15 Å². The molecular formula is C13H9ClN2O2. The second-order valence-electron chi connectivity index (χ2n) is 3.52. The third-order valence-corrected chi connectivity index (χ3v) is 2.79. The number of aromatic hydroxyl groups is 1. The minimum absolute atomic E-state index is 0.0416. The number of halogens is 1. The van der Waals surface area contributed by atoms with Crippen molar-refractivity contribution in [1.29, 1.82) is 5.26 Å². The van der Waals surface area contributed by atoms with E-state index in [2.05, 4.69) is 4.98 Å². The van der Waals surface area contributed by atoms with Crippen molar-refractivity contribution in [2.75, 3.05) is 7.11 Å². The van der Waals surface area contributed by atoms with Crippen LogP contribution in [0, 0.1) is 11.3 Å². The summed E-state index contributed by atoms with van der Waals surface area (Å²) < 4.78 is 5.03. The molecule has 1 heterocycles. The number of benzene rings is 1. The van der Waals surface area contributed by atoms with Gasteiger partial charge < -0.3 is 9.84 Å². The fourth-order valence-electron chi connectivity index (χ4n) is 1.63. The van der Waals surface area contributed by atoms with Gasteiger partial charge in [-0.15, -0.1) is 0 Å². The minimum Gasteiger partial charge on any atom is -0.504 e. The average Bonchev–Trinajstić information content (AvgIpc) is 2.39. The van der Waals surface area contributed by atoms with Gasteiger partial charge in [0, 0.05) is 11.8 Å². The molecule has 2 aromatic rings. The predicted octanol–water partition coefficient (Wildman–Crippen LogP) is 2.99. The van der Waals surface area contributed by atoms with Crippen LogP contribution in [0.25, 0.3) is 11.1 Å². The van der Waals surface area contributed by atoms with E-state index in [4.69, 9.17) is 21.6 Å². The molecule has 0 radical (unpaired) electrons. The van der Waals surface area contributed by atoms with E-state index in [0.29, 0.717) is 16.9 Å². The van der Waals surface area contributed by atoms with Crippen molar-refractivity contribution in [3.8, 4) is 28.7 Å². The molecule has 1 aromatic carbocycles. The lowest BCUT2D eigenvalue weighted by Crippen LogP contribution is -1.90. The molecule has 0 bridgehead atoms. The van der Waals surface area contributed by atoms with Crippen LogP contribution in [0.5, 0.6) is 11.5 Å². The first-order valence-electron chi connectivity index (χ1n) is 5.09. The Morgan fingerprint density at radius 3 is 2.83 bits per heavy atom. The number of nitrogens with zero attached hydrogens (tertiary/aromatic N) is 2. The lowest BCUT2D eigenvalue weighted by molar-refractivity contribution is 0.373. The third kappa shape index (κ3) is 2.08. The Balaban J connectivity index is 2.63. The Bertz CT molecular complexity index is 635. The average molecular weight is 261 g/mol. The van der Waals surface area contributed by atoms with Crippen LogP contribution in [0.4, 0.5) is 0 Å². The van der Waals surface area contributed by atoms with Gasteiger partial charge in [0.25, 0.3) is 0 Å². The molecule has 90 valence electrons. The molecule has 0 aliphatic carbocycles. The number of hydrogen-bond acceptors (Lipinski definition) is 4. The zero-order valence-electron chi connectivity index (χ0n) is 9.51. The van der Waals surface area contributed by atoms with Gasteiger partial charge in [-0.3, -0.25) is 0 Å². The molecule has 0 saturated heterocycles.